The summed E-state index contributed by atoms with van der Waals surface area (Å²) >= 11 is 0. The number of rotatable bonds is 3. The zero-order valence-corrected chi connectivity index (χ0v) is 15.6. The van der Waals surface area contributed by atoms with Crippen molar-refractivity contribution in [3.63, 3.8) is 0 Å². The second-order valence-corrected chi connectivity index (χ2v) is 8.43. The minimum Gasteiger partial charge on any atom is -0.387 e. The zero-order chi connectivity index (χ0) is 17.4. The summed E-state index contributed by atoms with van der Waals surface area (Å²) < 4.78 is 0. The third-order valence-electron chi connectivity index (χ3n) is 6.44. The van der Waals surface area contributed by atoms with Crippen LogP contribution in [0.2, 0.25) is 0 Å². The third-order valence-corrected chi connectivity index (χ3v) is 6.44. The summed E-state index contributed by atoms with van der Waals surface area (Å²) in [5, 5.41) is 11.0. The molecule has 0 aromatic heterocycles. The lowest BCUT2D eigenvalue weighted by Gasteiger charge is -2.43. The van der Waals surface area contributed by atoms with Crippen LogP contribution in [0.4, 0.5) is 0 Å². The Labute approximate surface area is 146 Å². The molecule has 6 heteroatoms. The molecular weight excluding hydrogens is 304 g/mol. The van der Waals surface area contributed by atoms with E-state index in [1.165, 1.54) is 6.42 Å². The minimum absolute atomic E-state index is 0.207. The number of amides is 1. The Balaban J connectivity index is 1.58. The van der Waals surface area contributed by atoms with E-state index in [2.05, 4.69) is 35.7 Å². The standard InChI is InChI=1S/C18H34N4O2/c1-17(6-4-5-8-20(17)3)16(23)22-9-7-18(24,15-22)14-21-12-10-19(2)11-13-21/h24H,4-15H2,1-3H3/t17-,18+/m0/s1. The molecule has 3 saturated heterocycles. The molecule has 0 unspecified atom stereocenters. The van der Waals surface area contributed by atoms with E-state index < -0.39 is 11.1 Å². The normalized spacial score (nSPS) is 37.1. The van der Waals surface area contributed by atoms with Crippen LogP contribution in [-0.2, 0) is 4.79 Å². The molecule has 0 aromatic rings. The largest absolute Gasteiger partial charge is 0.387 e. The van der Waals surface area contributed by atoms with E-state index in [1.54, 1.807) is 0 Å². The summed E-state index contributed by atoms with van der Waals surface area (Å²) in [7, 11) is 4.20. The Hall–Kier alpha value is -0.690. The highest BCUT2D eigenvalue weighted by atomic mass is 16.3. The predicted molar refractivity (Wildman–Crippen MR) is 95.0 cm³/mol. The molecule has 0 saturated carbocycles. The first-order valence-corrected chi connectivity index (χ1v) is 9.46. The molecule has 0 radical (unpaired) electrons. The molecule has 3 aliphatic rings. The predicted octanol–water partition coefficient (Wildman–Crippen LogP) is 0.0716. The van der Waals surface area contributed by atoms with Crippen molar-refractivity contribution < 1.29 is 9.90 Å². The van der Waals surface area contributed by atoms with E-state index in [0.717, 1.165) is 45.6 Å². The molecule has 0 aliphatic carbocycles. The van der Waals surface area contributed by atoms with Gasteiger partial charge < -0.3 is 14.9 Å². The number of aliphatic hydroxyl groups is 1. The maximum Gasteiger partial charge on any atom is 0.242 e. The van der Waals surface area contributed by atoms with Crippen LogP contribution < -0.4 is 0 Å². The number of likely N-dealkylation sites (tertiary alicyclic amines) is 2. The van der Waals surface area contributed by atoms with Gasteiger partial charge in [0, 0.05) is 39.3 Å². The van der Waals surface area contributed by atoms with Crippen LogP contribution in [0.5, 0.6) is 0 Å². The summed E-state index contributed by atoms with van der Waals surface area (Å²) in [6.07, 6.45) is 3.92. The number of hydrogen-bond donors (Lipinski definition) is 1. The van der Waals surface area contributed by atoms with E-state index >= 15 is 0 Å². The van der Waals surface area contributed by atoms with Crippen molar-refractivity contribution in [2.24, 2.45) is 0 Å². The van der Waals surface area contributed by atoms with Crippen LogP contribution in [0.3, 0.4) is 0 Å². The van der Waals surface area contributed by atoms with Gasteiger partial charge in [-0.15, -0.1) is 0 Å². The lowest BCUT2D eigenvalue weighted by atomic mass is 9.87. The highest BCUT2D eigenvalue weighted by Crippen LogP contribution is 2.32. The van der Waals surface area contributed by atoms with Gasteiger partial charge in [-0.2, -0.15) is 0 Å². The highest BCUT2D eigenvalue weighted by Gasteiger charge is 2.47. The Bertz CT molecular complexity index is 466. The van der Waals surface area contributed by atoms with Gasteiger partial charge in [-0.1, -0.05) is 0 Å². The fourth-order valence-corrected chi connectivity index (χ4v) is 4.45. The second-order valence-electron chi connectivity index (χ2n) is 8.43. The maximum atomic E-state index is 13.1. The van der Waals surface area contributed by atoms with Gasteiger partial charge in [-0.3, -0.25) is 14.6 Å². The summed E-state index contributed by atoms with van der Waals surface area (Å²) in [5.74, 6) is 0.207. The number of piperazine rings is 1. The van der Waals surface area contributed by atoms with Crippen LogP contribution in [0.1, 0.15) is 32.6 Å². The number of carbonyl (C=O) groups is 1. The Kier molecular flexibility index (Phi) is 5.21. The highest BCUT2D eigenvalue weighted by molar-refractivity contribution is 5.86. The van der Waals surface area contributed by atoms with Crippen LogP contribution in [0.25, 0.3) is 0 Å². The lowest BCUT2D eigenvalue weighted by Crippen LogP contribution is -2.59. The number of piperidine rings is 1. The van der Waals surface area contributed by atoms with Crippen molar-refractivity contribution in [1.29, 1.82) is 0 Å². The Morgan fingerprint density at radius 2 is 1.71 bits per heavy atom. The van der Waals surface area contributed by atoms with Crippen molar-refractivity contribution in [2.75, 3.05) is 66.5 Å². The van der Waals surface area contributed by atoms with Gasteiger partial charge >= 0.3 is 0 Å². The number of β-amino-alcohol motifs (C(OH)–C–C–N with tert-alkyl or cyclic N) is 1. The number of likely N-dealkylation sites (N-methyl/N-ethyl adjacent to an activating group) is 2. The van der Waals surface area contributed by atoms with Crippen molar-refractivity contribution in [2.45, 2.75) is 43.7 Å². The van der Waals surface area contributed by atoms with Crippen molar-refractivity contribution >= 4 is 5.91 Å². The van der Waals surface area contributed by atoms with Crippen LogP contribution in [0, 0.1) is 0 Å². The first-order chi connectivity index (χ1) is 11.3. The average Bonchev–Trinajstić information content (AvgIpc) is 2.94. The first-order valence-electron chi connectivity index (χ1n) is 9.46. The fraction of sp³-hybridized carbons (Fsp3) is 0.944. The molecule has 0 spiro atoms. The van der Waals surface area contributed by atoms with Crippen LogP contribution in [-0.4, -0.2) is 108 Å². The van der Waals surface area contributed by atoms with Crippen molar-refractivity contribution in [1.82, 2.24) is 19.6 Å². The van der Waals surface area contributed by atoms with Crippen LogP contribution in [0.15, 0.2) is 0 Å². The topological polar surface area (TPSA) is 50.3 Å². The van der Waals surface area contributed by atoms with Gasteiger partial charge in [0.2, 0.25) is 5.91 Å². The molecule has 24 heavy (non-hydrogen) atoms. The molecule has 2 atom stereocenters. The summed E-state index contributed by atoms with van der Waals surface area (Å²) in [6, 6.07) is 0. The molecule has 6 nitrogen and oxygen atoms in total. The van der Waals surface area contributed by atoms with Gasteiger partial charge in [-0.25, -0.2) is 0 Å². The molecule has 3 fully saturated rings. The number of carbonyl (C=O) groups excluding carboxylic acids is 1. The van der Waals surface area contributed by atoms with Gasteiger partial charge in [0.05, 0.1) is 17.7 Å². The first kappa shape index (κ1) is 18.1. The van der Waals surface area contributed by atoms with Gasteiger partial charge in [0.25, 0.3) is 0 Å². The van der Waals surface area contributed by atoms with Crippen molar-refractivity contribution in [3.05, 3.63) is 0 Å². The Morgan fingerprint density at radius 1 is 1.00 bits per heavy atom. The maximum absolute atomic E-state index is 13.1. The zero-order valence-electron chi connectivity index (χ0n) is 15.6. The monoisotopic (exact) mass is 338 g/mol. The van der Waals surface area contributed by atoms with E-state index in [9.17, 15) is 9.90 Å². The third kappa shape index (κ3) is 3.62. The van der Waals surface area contributed by atoms with E-state index in [0.29, 0.717) is 26.1 Å². The fourth-order valence-electron chi connectivity index (χ4n) is 4.45. The summed E-state index contributed by atoms with van der Waals surface area (Å²) in [6.45, 7) is 9.06. The number of nitrogens with zero attached hydrogens (tertiary/aromatic N) is 4. The average molecular weight is 338 g/mol. The molecule has 1 amide bonds. The molecule has 1 N–H and O–H groups in total. The van der Waals surface area contributed by atoms with Gasteiger partial charge in [-0.05, 0) is 53.2 Å². The van der Waals surface area contributed by atoms with Crippen molar-refractivity contribution in [3.8, 4) is 0 Å². The van der Waals surface area contributed by atoms with E-state index in [-0.39, 0.29) is 5.91 Å². The van der Waals surface area contributed by atoms with Gasteiger partial charge in [0.1, 0.15) is 0 Å². The second kappa shape index (κ2) is 6.90. The van der Waals surface area contributed by atoms with Crippen LogP contribution >= 0.6 is 0 Å². The molecule has 3 aliphatic heterocycles. The molecule has 0 aromatic carbocycles. The molecule has 0 bridgehead atoms. The van der Waals surface area contributed by atoms with E-state index in [1.807, 2.05) is 4.90 Å². The minimum atomic E-state index is -0.741. The lowest BCUT2D eigenvalue weighted by molar-refractivity contribution is -0.145. The quantitative estimate of drug-likeness (QED) is 0.789. The SMILES string of the molecule is CN1CCN(C[C@]2(O)CCN(C(=O)[C@]3(C)CCCCN3C)C2)CC1. The smallest absolute Gasteiger partial charge is 0.242 e. The molecule has 3 rings (SSSR count). The van der Waals surface area contributed by atoms with E-state index in [4.69, 9.17) is 0 Å². The summed E-state index contributed by atoms with van der Waals surface area (Å²) in [4.78, 5) is 21.9. The van der Waals surface area contributed by atoms with Gasteiger partial charge in [0.15, 0.2) is 0 Å². The summed E-state index contributed by atoms with van der Waals surface area (Å²) in [5.41, 5.74) is -1.13. The number of hydrogen-bond acceptors (Lipinski definition) is 5. The molecule has 3 heterocycles. The molecular formula is C18H34N4O2. The Morgan fingerprint density at radius 3 is 2.38 bits per heavy atom. The molecule has 138 valence electrons.